The smallest absolute Gasteiger partial charge is 0.307 e. The lowest BCUT2D eigenvalue weighted by molar-refractivity contribution is -0.154. The summed E-state index contributed by atoms with van der Waals surface area (Å²) in [7, 11) is -1.88. The molecule has 1 heterocycles. The number of carboxylic acid groups (broad SMARTS) is 1. The molecule has 5 atom stereocenters. The maximum absolute atomic E-state index is 14.3. The zero-order valence-corrected chi connectivity index (χ0v) is 23.7. The molecule has 7 nitrogen and oxygen atoms in total. The molecule has 38 heavy (non-hydrogen) atoms. The number of nitrogens with zero attached hydrogens (tertiary/aromatic N) is 2. The Morgan fingerprint density at radius 1 is 1.11 bits per heavy atom. The molecule has 3 aliphatic rings. The number of carboxylic acids is 1. The average Bonchev–Trinajstić information content (AvgIpc) is 3.80. The summed E-state index contributed by atoms with van der Waals surface area (Å²) in [5, 5.41) is 10.7. The molecule has 1 unspecified atom stereocenters. The van der Waals surface area contributed by atoms with Crippen molar-refractivity contribution in [3.8, 4) is 0 Å². The monoisotopic (exact) mass is 578 g/mol. The predicted molar refractivity (Wildman–Crippen MR) is 147 cm³/mol. The van der Waals surface area contributed by atoms with Crippen molar-refractivity contribution in [2.45, 2.75) is 62.3 Å². The van der Waals surface area contributed by atoms with Crippen LogP contribution in [0.3, 0.4) is 0 Å². The lowest BCUT2D eigenvalue weighted by Crippen LogP contribution is -2.56. The van der Waals surface area contributed by atoms with Crippen molar-refractivity contribution < 1.29 is 23.1 Å². The van der Waals surface area contributed by atoms with E-state index in [0.29, 0.717) is 35.7 Å². The van der Waals surface area contributed by atoms with Crippen LogP contribution in [0.1, 0.15) is 62.1 Å². The highest BCUT2D eigenvalue weighted by Gasteiger charge is 2.69. The van der Waals surface area contributed by atoms with Gasteiger partial charge in [-0.25, -0.2) is 12.7 Å². The van der Waals surface area contributed by atoms with Crippen LogP contribution in [0.15, 0.2) is 48.5 Å². The van der Waals surface area contributed by atoms with E-state index < -0.39 is 39.4 Å². The van der Waals surface area contributed by atoms with Crippen LogP contribution in [0.25, 0.3) is 0 Å². The molecule has 0 aromatic heterocycles. The topological polar surface area (TPSA) is 95.0 Å². The van der Waals surface area contributed by atoms with Gasteiger partial charge in [-0.05, 0) is 67.5 Å². The summed E-state index contributed by atoms with van der Waals surface area (Å²) >= 11 is 12.6. The maximum atomic E-state index is 14.3. The van der Waals surface area contributed by atoms with Crippen molar-refractivity contribution >= 4 is 45.1 Å². The Morgan fingerprint density at radius 2 is 1.79 bits per heavy atom. The van der Waals surface area contributed by atoms with E-state index in [4.69, 9.17) is 23.2 Å². The Labute approximate surface area is 233 Å². The van der Waals surface area contributed by atoms with E-state index in [9.17, 15) is 23.1 Å². The van der Waals surface area contributed by atoms with Gasteiger partial charge in [-0.1, -0.05) is 54.4 Å². The number of likely N-dealkylation sites (tertiary alicyclic amines) is 1. The number of sulfonamides is 1. The summed E-state index contributed by atoms with van der Waals surface area (Å²) in [6, 6.07) is 13.9. The average molecular weight is 580 g/mol. The number of carbonyl (C=O) groups is 2. The third-order valence-corrected chi connectivity index (χ3v) is 11.3. The van der Waals surface area contributed by atoms with Gasteiger partial charge in [0.2, 0.25) is 15.9 Å². The molecule has 5 rings (SSSR count). The largest absolute Gasteiger partial charge is 0.481 e. The SMILES string of the molecule is CC[C@@H](CN(C)S(=O)(=O)C1CC1)N1C(=O)[C@@]2(C[C@H](c3cccc(Cl)c3)C1c1ccc(Cl)cc1)C[C@H]2C(=O)O. The number of aliphatic carboxylic acids is 1. The number of likely N-dealkylation sites (N-methyl/N-ethyl adjacent to an activating group) is 1. The number of piperidine rings is 1. The van der Waals surface area contributed by atoms with Gasteiger partial charge in [0.25, 0.3) is 0 Å². The van der Waals surface area contributed by atoms with Gasteiger partial charge >= 0.3 is 5.97 Å². The fraction of sp³-hybridized carbons (Fsp3) is 0.500. The number of amides is 1. The van der Waals surface area contributed by atoms with Gasteiger partial charge in [0.15, 0.2) is 0 Å². The van der Waals surface area contributed by atoms with Crippen LogP contribution in [-0.4, -0.2) is 59.5 Å². The first-order valence-electron chi connectivity index (χ1n) is 13.0. The zero-order chi connectivity index (χ0) is 27.4. The lowest BCUT2D eigenvalue weighted by Gasteiger charge is -2.49. The Kier molecular flexibility index (Phi) is 7.31. The van der Waals surface area contributed by atoms with Gasteiger partial charge in [-0.3, -0.25) is 9.59 Å². The van der Waals surface area contributed by atoms with Crippen LogP contribution in [0.4, 0.5) is 0 Å². The van der Waals surface area contributed by atoms with E-state index in [1.165, 1.54) is 4.31 Å². The molecule has 1 amide bonds. The molecule has 10 heteroatoms. The van der Waals surface area contributed by atoms with Gasteiger partial charge < -0.3 is 10.0 Å². The molecular formula is C28H32Cl2N2O5S. The molecule has 0 radical (unpaired) electrons. The standard InChI is InChI=1S/C28H32Cl2N2O5S/c1-3-21(16-31(2)38(36,37)22-11-12-22)32-25(17-7-9-19(29)10-8-17)23(18-5-4-6-20(30)13-18)14-28(27(32)35)15-24(28)26(33)34/h4-10,13,21-25H,3,11-12,14-16H2,1-2H3,(H,33,34)/t21-,23+,24-,25?,28-/m0/s1. The quantitative estimate of drug-likeness (QED) is 0.433. The third-order valence-electron chi connectivity index (χ3n) is 8.50. The number of halogens is 2. The van der Waals surface area contributed by atoms with Crippen LogP contribution < -0.4 is 0 Å². The molecule has 3 fully saturated rings. The summed E-state index contributed by atoms with van der Waals surface area (Å²) in [6.45, 7) is 2.08. The summed E-state index contributed by atoms with van der Waals surface area (Å²) in [6.07, 6.45) is 2.46. The van der Waals surface area contributed by atoms with Gasteiger partial charge in [-0.2, -0.15) is 0 Å². The molecule has 1 saturated heterocycles. The van der Waals surface area contributed by atoms with Crippen molar-refractivity contribution in [3.63, 3.8) is 0 Å². The van der Waals surface area contributed by atoms with Gasteiger partial charge in [0.1, 0.15) is 0 Å². The zero-order valence-electron chi connectivity index (χ0n) is 21.4. The maximum Gasteiger partial charge on any atom is 0.307 e. The summed E-state index contributed by atoms with van der Waals surface area (Å²) < 4.78 is 27.4. The van der Waals surface area contributed by atoms with E-state index in [-0.39, 0.29) is 30.0 Å². The van der Waals surface area contributed by atoms with Gasteiger partial charge in [-0.15, -0.1) is 0 Å². The van der Waals surface area contributed by atoms with Crippen LogP contribution in [0.2, 0.25) is 10.0 Å². The minimum absolute atomic E-state index is 0.140. The third kappa shape index (κ3) is 4.85. The second-order valence-corrected chi connectivity index (χ2v) is 14.1. The number of benzene rings is 2. The second kappa shape index (κ2) is 10.1. The van der Waals surface area contributed by atoms with E-state index in [2.05, 4.69) is 0 Å². The molecule has 0 bridgehead atoms. The Balaban J connectivity index is 1.63. The highest BCUT2D eigenvalue weighted by molar-refractivity contribution is 7.90. The van der Waals surface area contributed by atoms with Crippen molar-refractivity contribution in [3.05, 3.63) is 69.7 Å². The summed E-state index contributed by atoms with van der Waals surface area (Å²) in [4.78, 5) is 28.2. The lowest BCUT2D eigenvalue weighted by atomic mass is 9.72. The van der Waals surface area contributed by atoms with Gasteiger partial charge in [0.05, 0.1) is 22.6 Å². The number of rotatable bonds is 9. The van der Waals surface area contributed by atoms with Crippen molar-refractivity contribution in [1.29, 1.82) is 0 Å². The van der Waals surface area contributed by atoms with Crippen molar-refractivity contribution in [2.75, 3.05) is 13.6 Å². The van der Waals surface area contributed by atoms with Crippen LogP contribution >= 0.6 is 23.2 Å². The highest BCUT2D eigenvalue weighted by Crippen LogP contribution is 2.65. The molecular weight excluding hydrogens is 547 g/mol. The van der Waals surface area contributed by atoms with Crippen molar-refractivity contribution in [1.82, 2.24) is 9.21 Å². The molecule has 1 spiro atoms. The van der Waals surface area contributed by atoms with Crippen LogP contribution in [-0.2, 0) is 19.6 Å². The van der Waals surface area contributed by atoms with E-state index >= 15 is 0 Å². The Hall–Kier alpha value is -2.13. The molecule has 1 N–H and O–H groups in total. The number of carbonyl (C=O) groups excluding carboxylic acids is 1. The van der Waals surface area contributed by atoms with Crippen LogP contribution in [0, 0.1) is 11.3 Å². The molecule has 2 saturated carbocycles. The Morgan fingerprint density at radius 3 is 2.34 bits per heavy atom. The molecule has 2 aromatic rings. The fourth-order valence-corrected chi connectivity index (χ4v) is 8.12. The Bertz CT molecular complexity index is 1350. The minimum atomic E-state index is -3.46. The summed E-state index contributed by atoms with van der Waals surface area (Å²) in [5.74, 6) is -2.20. The van der Waals surface area contributed by atoms with E-state index in [1.54, 1.807) is 30.1 Å². The normalized spacial score (nSPS) is 28.1. The fourth-order valence-electron chi connectivity index (χ4n) is 6.18. The van der Waals surface area contributed by atoms with E-state index in [0.717, 1.165) is 11.1 Å². The number of hydrogen-bond acceptors (Lipinski definition) is 4. The molecule has 1 aliphatic heterocycles. The molecule has 204 valence electrons. The first-order valence-corrected chi connectivity index (χ1v) is 15.3. The molecule has 2 aliphatic carbocycles. The number of hydrogen-bond donors (Lipinski definition) is 1. The van der Waals surface area contributed by atoms with Crippen molar-refractivity contribution in [2.24, 2.45) is 11.3 Å². The summed E-state index contributed by atoms with van der Waals surface area (Å²) in [5.41, 5.74) is 0.753. The first kappa shape index (κ1) is 27.4. The molecule has 2 aromatic carbocycles. The first-order chi connectivity index (χ1) is 18.0. The van der Waals surface area contributed by atoms with Gasteiger partial charge in [0, 0.05) is 35.6 Å². The second-order valence-electron chi connectivity index (χ2n) is 10.9. The minimum Gasteiger partial charge on any atom is -0.481 e. The highest BCUT2D eigenvalue weighted by atomic mass is 35.5. The van der Waals surface area contributed by atoms with Crippen LogP contribution in [0.5, 0.6) is 0 Å². The van der Waals surface area contributed by atoms with E-state index in [1.807, 2.05) is 37.3 Å². The predicted octanol–water partition coefficient (Wildman–Crippen LogP) is 5.34.